The molecule has 0 fully saturated rings. The molecule has 2 amide bonds. The summed E-state index contributed by atoms with van der Waals surface area (Å²) in [5.74, 6) is 0.134. The minimum atomic E-state index is -0.635. The lowest BCUT2D eigenvalue weighted by Crippen LogP contribution is -2.26. The van der Waals surface area contributed by atoms with Crippen molar-refractivity contribution in [1.29, 1.82) is 0 Å². The molecule has 5 aromatic rings. The topological polar surface area (TPSA) is 113 Å². The quantitative estimate of drug-likeness (QED) is 0.208. The molecule has 1 aliphatic rings. The average Bonchev–Trinajstić information content (AvgIpc) is 3.66. The molecule has 11 heteroatoms. The van der Waals surface area contributed by atoms with Crippen molar-refractivity contribution in [2.24, 2.45) is 0 Å². The molecule has 2 aromatic carbocycles. The normalized spacial score (nSPS) is 13.2. The highest BCUT2D eigenvalue weighted by Crippen LogP contribution is 2.32. The van der Waals surface area contributed by atoms with Gasteiger partial charge in [-0.15, -0.1) is 0 Å². The van der Waals surface area contributed by atoms with Gasteiger partial charge < -0.3 is 20.3 Å². The largest absolute Gasteiger partial charge is 0.457 e. The van der Waals surface area contributed by atoms with Crippen molar-refractivity contribution < 1.29 is 13.9 Å². The molecule has 214 valence electrons. The molecule has 0 atom stereocenters. The van der Waals surface area contributed by atoms with Crippen molar-refractivity contribution in [1.82, 2.24) is 29.9 Å². The molecule has 0 unspecified atom stereocenters. The third-order valence-electron chi connectivity index (χ3n) is 7.14. The number of aromatic amines is 1. The van der Waals surface area contributed by atoms with Crippen LogP contribution < -0.4 is 15.4 Å². The van der Waals surface area contributed by atoms with Crippen molar-refractivity contribution in [2.45, 2.75) is 32.9 Å². The lowest BCUT2D eigenvalue weighted by Gasteiger charge is -2.25. The summed E-state index contributed by atoms with van der Waals surface area (Å²) in [6.45, 7) is 5.95. The fourth-order valence-corrected chi connectivity index (χ4v) is 4.90. The Labute approximate surface area is 242 Å². The van der Waals surface area contributed by atoms with Gasteiger partial charge in [-0.3, -0.25) is 14.8 Å². The zero-order valence-electron chi connectivity index (χ0n) is 23.6. The highest BCUT2D eigenvalue weighted by Gasteiger charge is 2.19. The van der Waals surface area contributed by atoms with Crippen LogP contribution in [-0.4, -0.2) is 49.5 Å². The van der Waals surface area contributed by atoms with Crippen molar-refractivity contribution in [3.05, 3.63) is 90.3 Å². The first-order valence-corrected chi connectivity index (χ1v) is 13.7. The van der Waals surface area contributed by atoms with Gasteiger partial charge in [-0.1, -0.05) is 12.1 Å². The van der Waals surface area contributed by atoms with Crippen LogP contribution in [0, 0.1) is 5.82 Å². The van der Waals surface area contributed by atoms with E-state index >= 15 is 4.39 Å². The van der Waals surface area contributed by atoms with E-state index in [1.807, 2.05) is 24.6 Å². The maximum atomic E-state index is 15.0. The molecule has 0 bridgehead atoms. The van der Waals surface area contributed by atoms with Gasteiger partial charge in [0.2, 0.25) is 0 Å². The zero-order chi connectivity index (χ0) is 29.2. The molecule has 0 saturated heterocycles. The third-order valence-corrected chi connectivity index (χ3v) is 7.14. The number of H-pyrrole nitrogens is 1. The van der Waals surface area contributed by atoms with Crippen LogP contribution in [0.5, 0.6) is 11.5 Å². The van der Waals surface area contributed by atoms with Crippen LogP contribution in [0.15, 0.2) is 73.3 Å². The number of aromatic nitrogens is 5. The maximum Gasteiger partial charge on any atom is 0.323 e. The molecule has 0 radical (unpaired) electrons. The second kappa shape index (κ2) is 11.5. The summed E-state index contributed by atoms with van der Waals surface area (Å²) in [5.41, 5.74) is 6.20. The number of pyridine rings is 1. The Morgan fingerprint density at radius 1 is 1.02 bits per heavy atom. The number of fused-ring (bicyclic) bond motifs is 1. The van der Waals surface area contributed by atoms with Gasteiger partial charge in [0.15, 0.2) is 0 Å². The van der Waals surface area contributed by atoms with E-state index < -0.39 is 11.8 Å². The first-order valence-electron chi connectivity index (χ1n) is 13.7. The molecule has 3 aromatic heterocycles. The van der Waals surface area contributed by atoms with Crippen molar-refractivity contribution in [3.8, 4) is 34.0 Å². The smallest absolute Gasteiger partial charge is 0.323 e. The Morgan fingerprint density at radius 3 is 2.64 bits per heavy atom. The van der Waals surface area contributed by atoms with E-state index in [-0.39, 0.29) is 17.5 Å². The number of ether oxygens (including phenoxy) is 1. The number of hydrogen-bond donors (Lipinski definition) is 3. The molecule has 4 heterocycles. The van der Waals surface area contributed by atoms with E-state index in [1.165, 1.54) is 23.3 Å². The Balaban J connectivity index is 1.17. The van der Waals surface area contributed by atoms with E-state index in [9.17, 15) is 4.79 Å². The molecule has 0 spiro atoms. The molecule has 6 rings (SSSR count). The first-order chi connectivity index (χ1) is 20.3. The number of benzene rings is 2. The number of anilines is 2. The van der Waals surface area contributed by atoms with Crippen molar-refractivity contribution in [2.75, 3.05) is 24.2 Å². The number of rotatable bonds is 7. The second-order valence-electron chi connectivity index (χ2n) is 10.6. The highest BCUT2D eigenvalue weighted by atomic mass is 19.1. The molecule has 10 nitrogen and oxygen atoms in total. The third kappa shape index (κ3) is 5.86. The number of hydrogen-bond acceptors (Lipinski definition) is 6. The molecular formula is C31H31FN8O2. The maximum absolute atomic E-state index is 15.0. The number of nitrogens with one attached hydrogen (secondary N) is 3. The second-order valence-corrected chi connectivity index (χ2v) is 10.6. The fraction of sp³-hybridized carbons (Fsp3) is 0.226. The number of carbonyl (C=O) groups excluding carboxylic acids is 1. The molecule has 3 N–H and O–H groups in total. The minimum absolute atomic E-state index is 0.0179. The predicted octanol–water partition coefficient (Wildman–Crippen LogP) is 6.48. The Hall–Kier alpha value is -5.03. The van der Waals surface area contributed by atoms with Crippen LogP contribution in [0.1, 0.15) is 31.0 Å². The summed E-state index contributed by atoms with van der Waals surface area (Å²) < 4.78 is 22.7. The summed E-state index contributed by atoms with van der Waals surface area (Å²) in [7, 11) is 2.12. The van der Waals surface area contributed by atoms with Gasteiger partial charge in [0, 0.05) is 61.0 Å². The molecule has 0 saturated carbocycles. The molecule has 0 aliphatic carbocycles. The standard InChI is InChI=1S/C31H31FN8O2/c1-19(2)40-18-29(30(38-40)21-4-5-22-17-39(3)11-9-20(22)12-21)37-31(41)36-27-7-6-24(13-26(27)32)42-25-8-10-33-28(14-25)23-15-34-35-16-23/h4-8,10,12-16,18-19H,9,11,17H2,1-3H3,(H,34,35)(H2,36,37,41). The van der Waals surface area contributed by atoms with Crippen molar-refractivity contribution in [3.63, 3.8) is 0 Å². The van der Waals surface area contributed by atoms with Crippen LogP contribution in [-0.2, 0) is 13.0 Å². The van der Waals surface area contributed by atoms with E-state index in [2.05, 4.69) is 49.9 Å². The molecule has 1 aliphatic heterocycles. The lowest BCUT2D eigenvalue weighted by molar-refractivity contribution is 0.262. The highest BCUT2D eigenvalue weighted by molar-refractivity contribution is 6.02. The first kappa shape index (κ1) is 27.2. The van der Waals surface area contributed by atoms with Crippen LogP contribution in [0.4, 0.5) is 20.6 Å². The lowest BCUT2D eigenvalue weighted by atomic mass is 9.96. The predicted molar refractivity (Wildman–Crippen MR) is 159 cm³/mol. The Bertz CT molecular complexity index is 1730. The van der Waals surface area contributed by atoms with Gasteiger partial charge in [0.25, 0.3) is 0 Å². The van der Waals surface area contributed by atoms with E-state index in [0.717, 1.165) is 30.6 Å². The summed E-state index contributed by atoms with van der Waals surface area (Å²) >= 11 is 0. The van der Waals surface area contributed by atoms with Gasteiger partial charge in [0.1, 0.15) is 23.0 Å². The van der Waals surface area contributed by atoms with Gasteiger partial charge in [-0.2, -0.15) is 10.2 Å². The summed E-state index contributed by atoms with van der Waals surface area (Å²) in [5, 5.41) is 16.9. The van der Waals surface area contributed by atoms with Gasteiger partial charge >= 0.3 is 6.03 Å². The Kier molecular flexibility index (Phi) is 7.41. The number of carbonyl (C=O) groups is 1. The zero-order valence-corrected chi connectivity index (χ0v) is 23.6. The number of urea groups is 1. The van der Waals surface area contributed by atoms with E-state index in [1.54, 1.807) is 43.0 Å². The Morgan fingerprint density at radius 2 is 1.86 bits per heavy atom. The van der Waals surface area contributed by atoms with Crippen LogP contribution in [0.3, 0.4) is 0 Å². The van der Waals surface area contributed by atoms with Crippen LogP contribution in [0.2, 0.25) is 0 Å². The molecular weight excluding hydrogens is 535 g/mol. The monoisotopic (exact) mass is 566 g/mol. The number of halogens is 1. The van der Waals surface area contributed by atoms with E-state index in [4.69, 9.17) is 9.84 Å². The summed E-state index contributed by atoms with van der Waals surface area (Å²) in [6.07, 6.45) is 7.73. The van der Waals surface area contributed by atoms with Gasteiger partial charge in [-0.05, 0) is 62.7 Å². The van der Waals surface area contributed by atoms with Crippen LogP contribution in [0.25, 0.3) is 22.5 Å². The van der Waals surface area contributed by atoms with Crippen LogP contribution >= 0.6 is 0 Å². The summed E-state index contributed by atoms with van der Waals surface area (Å²) in [6, 6.07) is 13.5. The summed E-state index contributed by atoms with van der Waals surface area (Å²) in [4.78, 5) is 19.6. The van der Waals surface area contributed by atoms with Gasteiger partial charge in [0.05, 0.1) is 23.3 Å². The number of nitrogens with zero attached hydrogens (tertiary/aromatic N) is 5. The fourth-order valence-electron chi connectivity index (χ4n) is 4.90. The minimum Gasteiger partial charge on any atom is -0.457 e. The van der Waals surface area contributed by atoms with E-state index in [0.29, 0.717) is 22.8 Å². The van der Waals surface area contributed by atoms with Gasteiger partial charge in [-0.25, -0.2) is 9.18 Å². The number of amides is 2. The molecule has 42 heavy (non-hydrogen) atoms. The average molecular weight is 567 g/mol. The van der Waals surface area contributed by atoms with Crippen molar-refractivity contribution >= 4 is 17.4 Å². The SMILES string of the molecule is CC(C)n1cc(NC(=O)Nc2ccc(Oc3ccnc(-c4cn[nH]c4)c3)cc2F)c(-c2ccc3c(c2)CCN(C)C3)n1. The number of likely N-dealkylation sites (N-methyl/N-ethyl adjacent to an activating group) is 1.